The first-order chi connectivity index (χ1) is 16.2. The van der Waals surface area contributed by atoms with Crippen molar-refractivity contribution in [2.45, 2.75) is 73.5 Å². The van der Waals surface area contributed by atoms with Gasteiger partial charge in [-0.05, 0) is 18.4 Å². The highest BCUT2D eigenvalue weighted by Crippen LogP contribution is 2.37. The summed E-state index contributed by atoms with van der Waals surface area (Å²) in [6.45, 7) is -0.389. The molecule has 2 fully saturated rings. The van der Waals surface area contributed by atoms with Gasteiger partial charge in [0.05, 0.1) is 6.61 Å². The number of imidazole rings is 1. The average molecular weight is 472 g/mol. The fourth-order valence-corrected chi connectivity index (χ4v) is 5.48. The minimum absolute atomic E-state index is 0.264. The number of fused-ring (bicyclic) bond motifs is 1. The van der Waals surface area contributed by atoms with Gasteiger partial charge < -0.3 is 25.4 Å². The summed E-state index contributed by atoms with van der Waals surface area (Å²) in [6, 6.07) is 10.4. The largest absolute Gasteiger partial charge is 0.394 e. The van der Waals surface area contributed by atoms with Crippen molar-refractivity contribution >= 4 is 28.9 Å². The number of ether oxygens (including phenoxy) is 1. The molecule has 5 rings (SSSR count). The summed E-state index contributed by atoms with van der Waals surface area (Å²) in [5.74, 6) is 1.27. The first-order valence-electron chi connectivity index (χ1n) is 11.4. The van der Waals surface area contributed by atoms with Crippen LogP contribution < -0.4 is 5.32 Å². The summed E-state index contributed by atoms with van der Waals surface area (Å²) in [5.41, 5.74) is 2.32. The van der Waals surface area contributed by atoms with Gasteiger partial charge in [0.15, 0.2) is 11.9 Å². The van der Waals surface area contributed by atoms with Crippen molar-refractivity contribution in [2.24, 2.45) is 0 Å². The molecular formula is C23H29N5O4S. The monoisotopic (exact) mass is 471 g/mol. The van der Waals surface area contributed by atoms with Crippen LogP contribution in [0.5, 0.6) is 0 Å². The molecule has 0 amide bonds. The Morgan fingerprint density at radius 1 is 1.06 bits per heavy atom. The molecule has 3 heterocycles. The minimum atomic E-state index is -1.22. The average Bonchev–Trinajstić information content (AvgIpc) is 3.35. The van der Waals surface area contributed by atoms with Crippen LogP contribution in [-0.2, 0) is 10.5 Å². The quantitative estimate of drug-likeness (QED) is 0.304. The van der Waals surface area contributed by atoms with Crippen LogP contribution in [0.4, 0.5) is 5.95 Å². The van der Waals surface area contributed by atoms with E-state index in [9.17, 15) is 15.3 Å². The van der Waals surface area contributed by atoms with E-state index in [1.165, 1.54) is 18.3 Å². The van der Waals surface area contributed by atoms with Gasteiger partial charge in [0.1, 0.15) is 35.2 Å². The van der Waals surface area contributed by atoms with Gasteiger partial charge in [-0.3, -0.25) is 4.57 Å². The smallest absolute Gasteiger partial charge is 0.207 e. The number of aliphatic hydroxyl groups excluding tert-OH is 3. The molecule has 1 aliphatic heterocycles. The number of aromatic nitrogens is 4. The van der Waals surface area contributed by atoms with E-state index >= 15 is 0 Å². The number of thioether (sulfide) groups is 1. The van der Waals surface area contributed by atoms with Gasteiger partial charge in [-0.15, -0.1) is 0 Å². The van der Waals surface area contributed by atoms with Gasteiger partial charge >= 0.3 is 0 Å². The van der Waals surface area contributed by atoms with E-state index in [0.717, 1.165) is 36.5 Å². The molecule has 2 aliphatic rings. The Balaban J connectivity index is 1.52. The number of hydrogen-bond donors (Lipinski definition) is 4. The van der Waals surface area contributed by atoms with E-state index < -0.39 is 24.5 Å². The summed E-state index contributed by atoms with van der Waals surface area (Å²) in [6.07, 6.45) is 2.90. The zero-order chi connectivity index (χ0) is 22.8. The van der Waals surface area contributed by atoms with E-state index in [1.807, 2.05) is 18.2 Å². The van der Waals surface area contributed by atoms with E-state index in [0.29, 0.717) is 17.1 Å². The molecule has 1 saturated heterocycles. The van der Waals surface area contributed by atoms with Crippen LogP contribution in [0.2, 0.25) is 0 Å². The highest BCUT2D eigenvalue weighted by atomic mass is 32.2. The fourth-order valence-electron chi connectivity index (χ4n) is 4.59. The number of anilines is 1. The normalized spacial score (nSPS) is 26.2. The molecule has 2 aromatic heterocycles. The Bertz CT molecular complexity index is 1080. The molecule has 0 spiro atoms. The first kappa shape index (κ1) is 22.5. The molecule has 9 nitrogen and oxygen atoms in total. The lowest BCUT2D eigenvalue weighted by Gasteiger charge is -2.25. The van der Waals surface area contributed by atoms with E-state index in [-0.39, 0.29) is 12.6 Å². The van der Waals surface area contributed by atoms with Crippen molar-refractivity contribution in [3.63, 3.8) is 0 Å². The van der Waals surface area contributed by atoms with Crippen LogP contribution >= 0.6 is 11.8 Å². The topological polar surface area (TPSA) is 126 Å². The zero-order valence-corrected chi connectivity index (χ0v) is 19.1. The molecule has 4 N–H and O–H groups in total. The molecule has 0 bridgehead atoms. The Hall–Kier alpha value is -2.24. The van der Waals surface area contributed by atoms with Crippen LogP contribution in [0.25, 0.3) is 11.2 Å². The molecule has 33 heavy (non-hydrogen) atoms. The predicted octanol–water partition coefficient (Wildman–Crippen LogP) is 2.47. The second kappa shape index (κ2) is 9.94. The molecule has 0 radical (unpaired) electrons. The van der Waals surface area contributed by atoms with Crippen molar-refractivity contribution in [2.75, 3.05) is 11.9 Å². The van der Waals surface area contributed by atoms with Crippen LogP contribution in [0, 0.1) is 0 Å². The highest BCUT2D eigenvalue weighted by Gasteiger charge is 2.45. The van der Waals surface area contributed by atoms with Gasteiger partial charge in [-0.25, -0.2) is 15.0 Å². The maximum Gasteiger partial charge on any atom is 0.207 e. The maximum atomic E-state index is 10.7. The molecule has 3 aromatic rings. The molecule has 1 aliphatic carbocycles. The number of nitrogens with zero attached hydrogens (tertiary/aromatic N) is 4. The lowest BCUT2D eigenvalue weighted by Crippen LogP contribution is -2.33. The molecule has 10 heteroatoms. The summed E-state index contributed by atoms with van der Waals surface area (Å²) in [7, 11) is 0. The fraction of sp³-hybridized carbons (Fsp3) is 0.522. The SMILES string of the molecule is OC[C@H]1OC(n2c(NC3CCCCC3)nc3c(SCc4ccccc4)ncnc32)[C@H](O)[C@@H]1O. The van der Waals surface area contributed by atoms with Gasteiger partial charge in [-0.2, -0.15) is 0 Å². The van der Waals surface area contributed by atoms with Gasteiger partial charge in [-0.1, -0.05) is 61.4 Å². The summed E-state index contributed by atoms with van der Waals surface area (Å²) < 4.78 is 7.56. The third-order valence-electron chi connectivity index (χ3n) is 6.37. The number of benzene rings is 1. The molecule has 1 unspecified atom stereocenters. The highest BCUT2D eigenvalue weighted by molar-refractivity contribution is 7.98. The second-order valence-corrected chi connectivity index (χ2v) is 9.60. The van der Waals surface area contributed by atoms with Crippen molar-refractivity contribution in [3.8, 4) is 0 Å². The summed E-state index contributed by atoms with van der Waals surface area (Å²) >= 11 is 1.57. The number of aliphatic hydroxyl groups is 3. The van der Waals surface area contributed by atoms with E-state index in [1.54, 1.807) is 16.3 Å². The van der Waals surface area contributed by atoms with Crippen molar-refractivity contribution in [1.82, 2.24) is 19.5 Å². The Morgan fingerprint density at radius 2 is 1.85 bits per heavy atom. The molecule has 4 atom stereocenters. The van der Waals surface area contributed by atoms with Crippen LogP contribution in [0.3, 0.4) is 0 Å². The number of nitrogens with one attached hydrogen (secondary N) is 1. The molecule has 176 valence electrons. The van der Waals surface area contributed by atoms with Crippen LogP contribution in [0.15, 0.2) is 41.7 Å². The van der Waals surface area contributed by atoms with E-state index in [2.05, 4.69) is 27.4 Å². The minimum Gasteiger partial charge on any atom is -0.394 e. The molecule has 1 aromatic carbocycles. The Labute approximate surface area is 196 Å². The predicted molar refractivity (Wildman–Crippen MR) is 125 cm³/mol. The van der Waals surface area contributed by atoms with Crippen molar-refractivity contribution in [1.29, 1.82) is 0 Å². The summed E-state index contributed by atoms with van der Waals surface area (Å²) in [4.78, 5) is 13.8. The molecular weight excluding hydrogens is 442 g/mol. The van der Waals surface area contributed by atoms with E-state index in [4.69, 9.17) is 9.72 Å². The third kappa shape index (κ3) is 4.58. The van der Waals surface area contributed by atoms with Gasteiger partial charge in [0, 0.05) is 11.8 Å². The van der Waals surface area contributed by atoms with Crippen molar-refractivity contribution < 1.29 is 20.1 Å². The van der Waals surface area contributed by atoms with Gasteiger partial charge in [0.25, 0.3) is 0 Å². The lowest BCUT2D eigenvalue weighted by atomic mass is 9.96. The second-order valence-electron chi connectivity index (χ2n) is 8.64. The Morgan fingerprint density at radius 3 is 2.58 bits per heavy atom. The van der Waals surface area contributed by atoms with Gasteiger partial charge in [0.2, 0.25) is 5.95 Å². The van der Waals surface area contributed by atoms with Crippen molar-refractivity contribution in [3.05, 3.63) is 42.2 Å². The first-order valence-corrected chi connectivity index (χ1v) is 12.4. The van der Waals surface area contributed by atoms with Crippen LogP contribution in [0.1, 0.15) is 43.9 Å². The molecule has 1 saturated carbocycles. The third-order valence-corrected chi connectivity index (χ3v) is 7.42. The zero-order valence-electron chi connectivity index (χ0n) is 18.2. The summed E-state index contributed by atoms with van der Waals surface area (Å²) in [5, 5.41) is 34.9. The number of hydrogen-bond acceptors (Lipinski definition) is 9. The van der Waals surface area contributed by atoms with Crippen LogP contribution in [-0.4, -0.2) is 65.8 Å². The Kier molecular flexibility index (Phi) is 6.79. The standard InChI is InChI=1S/C23H29N5O4S/c29-11-16-18(30)19(31)22(32-16)28-20-17(27-23(28)26-15-9-5-2-6-10-15)21(25-13-24-20)33-12-14-7-3-1-4-8-14/h1,3-4,7-8,13,15-16,18-19,22,29-31H,2,5-6,9-12H2,(H,26,27)/t16-,18-,19-,22?/m1/s1. The lowest BCUT2D eigenvalue weighted by molar-refractivity contribution is -0.0502. The maximum absolute atomic E-state index is 10.7. The number of rotatable bonds is 7.